The van der Waals surface area contributed by atoms with Gasteiger partial charge in [0.05, 0.1) is 11.6 Å². The predicted molar refractivity (Wildman–Crippen MR) is 83.5 cm³/mol. The van der Waals surface area contributed by atoms with Crippen molar-refractivity contribution in [1.82, 2.24) is 14.8 Å². The van der Waals surface area contributed by atoms with Crippen molar-refractivity contribution in [2.45, 2.75) is 31.2 Å². The number of anilines is 1. The molecule has 1 amide bonds. The van der Waals surface area contributed by atoms with Crippen molar-refractivity contribution >= 4 is 11.7 Å². The summed E-state index contributed by atoms with van der Waals surface area (Å²) < 4.78 is 7.20. The van der Waals surface area contributed by atoms with E-state index in [0.717, 1.165) is 18.4 Å². The van der Waals surface area contributed by atoms with Gasteiger partial charge in [-0.1, -0.05) is 6.07 Å². The maximum absolute atomic E-state index is 12.5. The van der Waals surface area contributed by atoms with E-state index in [1.807, 2.05) is 16.8 Å². The van der Waals surface area contributed by atoms with Gasteiger partial charge in [-0.05, 0) is 24.5 Å². The number of hydrogen-bond acceptors (Lipinski definition) is 4. The molecule has 1 atom stereocenters. The van der Waals surface area contributed by atoms with E-state index >= 15 is 0 Å². The lowest BCUT2D eigenvalue weighted by Crippen LogP contribution is -2.28. The van der Waals surface area contributed by atoms with Crippen LogP contribution in [-0.2, 0) is 9.53 Å². The van der Waals surface area contributed by atoms with Gasteiger partial charge in [0, 0.05) is 37.9 Å². The monoisotopic (exact) mass is 314 g/mol. The van der Waals surface area contributed by atoms with Crippen LogP contribution in [0.4, 0.5) is 5.82 Å². The molecule has 120 valence electrons. The topological polar surface area (TPSA) is 89.0 Å². The summed E-state index contributed by atoms with van der Waals surface area (Å²) in [5, 5.41) is 5.79. The molecule has 0 spiro atoms. The van der Waals surface area contributed by atoms with E-state index in [9.17, 15) is 9.59 Å². The second kappa shape index (κ2) is 5.66. The van der Waals surface area contributed by atoms with Crippen molar-refractivity contribution in [3.05, 3.63) is 46.0 Å². The van der Waals surface area contributed by atoms with Crippen LogP contribution >= 0.6 is 0 Å². The van der Waals surface area contributed by atoms with Crippen molar-refractivity contribution in [1.29, 1.82) is 0 Å². The maximum atomic E-state index is 12.5. The molecule has 7 nitrogen and oxygen atoms in total. The number of carbonyl (C=O) groups is 1. The Morgan fingerprint density at radius 3 is 2.83 bits per heavy atom. The van der Waals surface area contributed by atoms with Gasteiger partial charge < -0.3 is 10.1 Å². The largest absolute Gasteiger partial charge is 0.381 e. The molecule has 2 aromatic rings. The molecule has 0 bridgehead atoms. The first-order chi connectivity index (χ1) is 11.2. The number of H-pyrrole nitrogens is 1. The Hall–Kier alpha value is -2.41. The summed E-state index contributed by atoms with van der Waals surface area (Å²) in [5.74, 6) is 0.274. The van der Waals surface area contributed by atoms with Crippen LogP contribution in [0.25, 0.3) is 0 Å². The van der Waals surface area contributed by atoms with Crippen molar-refractivity contribution in [2.24, 2.45) is 0 Å². The third-order valence-corrected chi connectivity index (χ3v) is 4.60. The molecule has 0 aromatic carbocycles. The third-order valence-electron chi connectivity index (χ3n) is 4.60. The van der Waals surface area contributed by atoms with Gasteiger partial charge in [0.2, 0.25) is 5.91 Å². The number of nitrogens with zero attached hydrogens (tertiary/aromatic N) is 2. The molecule has 0 unspecified atom stereocenters. The fourth-order valence-corrected chi connectivity index (χ4v) is 3.47. The lowest BCUT2D eigenvalue weighted by atomic mass is 9.88. The zero-order chi connectivity index (χ0) is 15.8. The summed E-state index contributed by atoms with van der Waals surface area (Å²) >= 11 is 0. The average Bonchev–Trinajstić information content (AvgIpc) is 2.92. The van der Waals surface area contributed by atoms with Gasteiger partial charge in [-0.3, -0.25) is 24.4 Å². The van der Waals surface area contributed by atoms with E-state index in [4.69, 9.17) is 4.74 Å². The zero-order valence-electron chi connectivity index (χ0n) is 12.6. The van der Waals surface area contributed by atoms with Crippen LogP contribution in [0.5, 0.6) is 0 Å². The lowest BCUT2D eigenvalue weighted by Gasteiger charge is -2.28. The molecule has 4 heterocycles. The van der Waals surface area contributed by atoms with Crippen molar-refractivity contribution < 1.29 is 9.53 Å². The molecule has 2 N–H and O–H groups in total. The number of aromatic nitrogens is 3. The molecule has 1 fully saturated rings. The molecule has 1 saturated heterocycles. The minimum Gasteiger partial charge on any atom is -0.381 e. The molecule has 7 heteroatoms. The van der Waals surface area contributed by atoms with Gasteiger partial charge in [-0.25, -0.2) is 0 Å². The number of hydrogen-bond donors (Lipinski definition) is 2. The Labute approximate surface area is 132 Å². The van der Waals surface area contributed by atoms with Crippen LogP contribution in [0, 0.1) is 0 Å². The summed E-state index contributed by atoms with van der Waals surface area (Å²) in [6.45, 7) is 1.33. The Morgan fingerprint density at radius 1 is 1.26 bits per heavy atom. The van der Waals surface area contributed by atoms with Gasteiger partial charge in [-0.2, -0.15) is 0 Å². The van der Waals surface area contributed by atoms with Crippen LogP contribution in [0.1, 0.15) is 42.3 Å². The van der Waals surface area contributed by atoms with E-state index in [-0.39, 0.29) is 29.8 Å². The molecule has 23 heavy (non-hydrogen) atoms. The number of carbonyl (C=O) groups excluding carboxylic acids is 1. The minimum atomic E-state index is -0.253. The summed E-state index contributed by atoms with van der Waals surface area (Å²) in [4.78, 5) is 28.8. The Morgan fingerprint density at radius 2 is 2.09 bits per heavy atom. The molecule has 0 saturated carbocycles. The number of nitrogens with one attached hydrogen (secondary N) is 2. The number of ether oxygens (including phenoxy) is 1. The highest BCUT2D eigenvalue weighted by Crippen LogP contribution is 2.36. The number of pyridine rings is 1. The van der Waals surface area contributed by atoms with E-state index in [0.29, 0.717) is 24.6 Å². The first-order valence-electron chi connectivity index (χ1n) is 7.86. The standard InChI is InChI=1S/C16H18N4O3/c21-13-8-12(10-2-1-5-17-9-10)14-15(18-13)20(19-16(14)22)11-3-6-23-7-4-11/h1-2,5,9,11-12H,3-4,6-8H2,(H,18,21)(H,19,22)/t12-/m1/s1. The lowest BCUT2D eigenvalue weighted by molar-refractivity contribution is -0.116. The summed E-state index contributed by atoms with van der Waals surface area (Å²) in [6, 6.07) is 3.88. The van der Waals surface area contributed by atoms with Crippen LogP contribution in [-0.4, -0.2) is 33.9 Å². The van der Waals surface area contributed by atoms with Crippen LogP contribution in [0.2, 0.25) is 0 Å². The normalized spacial score (nSPS) is 21.7. The van der Waals surface area contributed by atoms with E-state index < -0.39 is 0 Å². The Kier molecular flexibility index (Phi) is 3.49. The highest BCUT2D eigenvalue weighted by molar-refractivity contribution is 5.94. The second-order valence-corrected chi connectivity index (χ2v) is 6.01. The second-order valence-electron chi connectivity index (χ2n) is 6.01. The third kappa shape index (κ3) is 2.46. The molecular weight excluding hydrogens is 296 g/mol. The number of fused-ring (bicyclic) bond motifs is 1. The van der Waals surface area contributed by atoms with Crippen molar-refractivity contribution in [2.75, 3.05) is 18.5 Å². The average molecular weight is 314 g/mol. The molecule has 0 aliphatic carbocycles. The van der Waals surface area contributed by atoms with Gasteiger partial charge in [-0.15, -0.1) is 0 Å². The Bertz CT molecular complexity index is 774. The predicted octanol–water partition coefficient (Wildman–Crippen LogP) is 1.40. The van der Waals surface area contributed by atoms with E-state index in [2.05, 4.69) is 15.4 Å². The first-order valence-corrected chi connectivity index (χ1v) is 7.86. The number of amides is 1. The van der Waals surface area contributed by atoms with Crippen LogP contribution in [0.3, 0.4) is 0 Å². The fourth-order valence-electron chi connectivity index (χ4n) is 3.47. The van der Waals surface area contributed by atoms with Crippen LogP contribution < -0.4 is 10.9 Å². The van der Waals surface area contributed by atoms with E-state index in [1.165, 1.54) is 0 Å². The highest BCUT2D eigenvalue weighted by Gasteiger charge is 2.34. The van der Waals surface area contributed by atoms with Gasteiger partial charge in [0.25, 0.3) is 5.56 Å². The molecule has 2 aromatic heterocycles. The molecule has 2 aliphatic heterocycles. The van der Waals surface area contributed by atoms with Crippen molar-refractivity contribution in [3.8, 4) is 0 Å². The summed E-state index contributed by atoms with van der Waals surface area (Å²) in [7, 11) is 0. The highest BCUT2D eigenvalue weighted by atomic mass is 16.5. The summed E-state index contributed by atoms with van der Waals surface area (Å²) in [5.41, 5.74) is 1.38. The van der Waals surface area contributed by atoms with E-state index in [1.54, 1.807) is 12.4 Å². The SMILES string of the molecule is O=C1C[C@H](c2cccnc2)c2c(n(C3CCOCC3)[nH]c2=O)N1. The number of rotatable bonds is 2. The number of aromatic amines is 1. The first kappa shape index (κ1) is 14.2. The zero-order valence-corrected chi connectivity index (χ0v) is 12.6. The Balaban J connectivity index is 1.80. The van der Waals surface area contributed by atoms with Crippen LogP contribution in [0.15, 0.2) is 29.3 Å². The minimum absolute atomic E-state index is 0.0776. The smallest absolute Gasteiger partial charge is 0.270 e. The fraction of sp³-hybridized carbons (Fsp3) is 0.438. The van der Waals surface area contributed by atoms with Crippen molar-refractivity contribution in [3.63, 3.8) is 0 Å². The van der Waals surface area contributed by atoms with Gasteiger partial charge >= 0.3 is 0 Å². The van der Waals surface area contributed by atoms with Gasteiger partial charge in [0.1, 0.15) is 5.82 Å². The summed E-state index contributed by atoms with van der Waals surface area (Å²) in [6.07, 6.45) is 5.32. The van der Waals surface area contributed by atoms with Gasteiger partial charge in [0.15, 0.2) is 0 Å². The molecule has 4 rings (SSSR count). The maximum Gasteiger partial charge on any atom is 0.270 e. The molecule has 0 radical (unpaired) electrons. The quantitative estimate of drug-likeness (QED) is 0.877. The molecular formula is C16H18N4O3. The molecule has 2 aliphatic rings.